The smallest absolute Gasteiger partial charge is 0.0165 e. The minimum atomic E-state index is 0.775. The van der Waals surface area contributed by atoms with Crippen LogP contribution in [0.25, 0.3) is 0 Å². The first-order valence-electron chi connectivity index (χ1n) is 5.16. The van der Waals surface area contributed by atoms with Gasteiger partial charge in [0.2, 0.25) is 0 Å². The van der Waals surface area contributed by atoms with E-state index < -0.39 is 0 Å². The lowest BCUT2D eigenvalue weighted by Crippen LogP contribution is -2.27. The van der Waals surface area contributed by atoms with Crippen molar-refractivity contribution in [1.29, 1.82) is 0 Å². The fourth-order valence-corrected chi connectivity index (χ4v) is 1.96. The normalized spacial score (nSPS) is 32.8. The summed E-state index contributed by atoms with van der Waals surface area (Å²) in [4.78, 5) is 2.45. The highest BCUT2D eigenvalue weighted by atomic mass is 15.1. The molecule has 1 aliphatic carbocycles. The van der Waals surface area contributed by atoms with E-state index in [0.717, 1.165) is 12.0 Å². The number of nitrogens with zero attached hydrogens (tertiary/aromatic N) is 1. The van der Waals surface area contributed by atoms with Crippen molar-refractivity contribution in [2.24, 2.45) is 5.92 Å². The summed E-state index contributed by atoms with van der Waals surface area (Å²) in [5.41, 5.74) is 1.76. The van der Waals surface area contributed by atoms with Gasteiger partial charge in [0.25, 0.3) is 0 Å². The van der Waals surface area contributed by atoms with Gasteiger partial charge in [0.05, 0.1) is 0 Å². The zero-order chi connectivity index (χ0) is 8.55. The molecule has 0 amide bonds. The monoisotopic (exact) mass is 165 g/mol. The highest BCUT2D eigenvalue weighted by Crippen LogP contribution is 2.39. The Balaban J connectivity index is 1.98. The van der Waals surface area contributed by atoms with Crippen LogP contribution < -0.4 is 0 Å². The van der Waals surface area contributed by atoms with Crippen molar-refractivity contribution < 1.29 is 0 Å². The third-order valence-corrected chi connectivity index (χ3v) is 3.35. The molecule has 68 valence electrons. The van der Waals surface area contributed by atoms with Crippen molar-refractivity contribution >= 4 is 0 Å². The highest BCUT2D eigenvalue weighted by Gasteiger charge is 2.27. The van der Waals surface area contributed by atoms with Crippen molar-refractivity contribution in [1.82, 2.24) is 4.90 Å². The van der Waals surface area contributed by atoms with E-state index >= 15 is 0 Å². The van der Waals surface area contributed by atoms with Crippen LogP contribution in [0.2, 0.25) is 0 Å². The predicted molar refractivity (Wildman–Crippen MR) is 52.1 cm³/mol. The van der Waals surface area contributed by atoms with Gasteiger partial charge >= 0.3 is 0 Å². The molecule has 1 heterocycles. The Morgan fingerprint density at radius 3 is 2.75 bits per heavy atom. The van der Waals surface area contributed by atoms with Crippen LogP contribution in [0.5, 0.6) is 0 Å². The van der Waals surface area contributed by atoms with Crippen LogP contribution >= 0.6 is 0 Å². The zero-order valence-electron chi connectivity index (χ0n) is 8.21. The van der Waals surface area contributed by atoms with Gasteiger partial charge in [-0.2, -0.15) is 0 Å². The van der Waals surface area contributed by atoms with E-state index in [-0.39, 0.29) is 0 Å². The average molecular weight is 165 g/mol. The van der Waals surface area contributed by atoms with E-state index in [2.05, 4.69) is 24.9 Å². The van der Waals surface area contributed by atoms with Crippen LogP contribution in [0.15, 0.2) is 11.6 Å². The molecule has 0 aromatic carbocycles. The molecule has 1 aliphatic heterocycles. The summed E-state index contributed by atoms with van der Waals surface area (Å²) in [6, 6.07) is 0.775. The Bertz CT molecular complexity index is 191. The molecule has 2 rings (SSSR count). The van der Waals surface area contributed by atoms with Gasteiger partial charge in [-0.05, 0) is 45.6 Å². The first-order valence-corrected chi connectivity index (χ1v) is 5.16. The lowest BCUT2D eigenvalue weighted by atomic mass is 10.0. The first-order chi connectivity index (χ1) is 5.77. The standard InChI is InChI=1S/C11H19N/c1-9-3-4-11(10-5-6-10)7-8-12(9)2/h7,9-10H,3-6,8H2,1-2H3. The largest absolute Gasteiger partial charge is 0.300 e. The molecule has 0 aromatic heterocycles. The van der Waals surface area contributed by atoms with Crippen LogP contribution in [0.1, 0.15) is 32.6 Å². The van der Waals surface area contributed by atoms with Crippen molar-refractivity contribution in [3.8, 4) is 0 Å². The molecule has 0 bridgehead atoms. The van der Waals surface area contributed by atoms with Crippen molar-refractivity contribution in [2.75, 3.05) is 13.6 Å². The molecule has 1 heteroatoms. The van der Waals surface area contributed by atoms with Crippen LogP contribution in [0.4, 0.5) is 0 Å². The van der Waals surface area contributed by atoms with Crippen LogP contribution in [0, 0.1) is 5.92 Å². The minimum absolute atomic E-state index is 0.775. The summed E-state index contributed by atoms with van der Waals surface area (Å²) in [6.07, 6.45) is 8.12. The molecule has 0 N–H and O–H groups in total. The van der Waals surface area contributed by atoms with E-state index in [1.54, 1.807) is 5.57 Å². The maximum Gasteiger partial charge on any atom is 0.0165 e. The van der Waals surface area contributed by atoms with Crippen molar-refractivity contribution in [3.63, 3.8) is 0 Å². The summed E-state index contributed by atoms with van der Waals surface area (Å²) in [7, 11) is 2.23. The molecule has 0 radical (unpaired) electrons. The summed E-state index contributed by atoms with van der Waals surface area (Å²) in [5.74, 6) is 0.990. The second kappa shape index (κ2) is 3.21. The topological polar surface area (TPSA) is 3.24 Å². The summed E-state index contributed by atoms with van der Waals surface area (Å²) < 4.78 is 0. The summed E-state index contributed by atoms with van der Waals surface area (Å²) in [5, 5.41) is 0. The second-order valence-electron chi connectivity index (χ2n) is 4.38. The van der Waals surface area contributed by atoms with Gasteiger partial charge in [0, 0.05) is 12.6 Å². The van der Waals surface area contributed by atoms with E-state index in [0.29, 0.717) is 0 Å². The first kappa shape index (κ1) is 8.31. The Hall–Kier alpha value is -0.300. The molecule has 1 unspecified atom stereocenters. The molecule has 1 saturated carbocycles. The van der Waals surface area contributed by atoms with Gasteiger partial charge in [-0.3, -0.25) is 0 Å². The SMILES string of the molecule is CC1CCC(C2CC2)=CCN1C. The Morgan fingerprint density at radius 1 is 1.33 bits per heavy atom. The molecule has 2 aliphatic rings. The summed E-state index contributed by atoms with van der Waals surface area (Å²) >= 11 is 0. The molecular formula is C11H19N. The fourth-order valence-electron chi connectivity index (χ4n) is 1.96. The van der Waals surface area contributed by atoms with Crippen molar-refractivity contribution in [3.05, 3.63) is 11.6 Å². The highest BCUT2D eigenvalue weighted by molar-refractivity contribution is 5.14. The predicted octanol–water partition coefficient (Wildman–Crippen LogP) is 2.44. The molecule has 1 atom stereocenters. The van der Waals surface area contributed by atoms with E-state index in [4.69, 9.17) is 0 Å². The third-order valence-electron chi connectivity index (χ3n) is 3.35. The van der Waals surface area contributed by atoms with Crippen molar-refractivity contribution in [2.45, 2.75) is 38.6 Å². The lowest BCUT2D eigenvalue weighted by Gasteiger charge is -2.20. The molecule has 0 aromatic rings. The van der Waals surface area contributed by atoms with Gasteiger partial charge in [-0.25, -0.2) is 0 Å². The molecule has 0 saturated heterocycles. The van der Waals surface area contributed by atoms with Gasteiger partial charge in [0.15, 0.2) is 0 Å². The third kappa shape index (κ3) is 1.71. The number of hydrogen-bond donors (Lipinski definition) is 0. The number of rotatable bonds is 1. The summed E-state index contributed by atoms with van der Waals surface area (Å²) in [6.45, 7) is 3.51. The van der Waals surface area contributed by atoms with Gasteiger partial charge in [-0.1, -0.05) is 11.6 Å². The second-order valence-corrected chi connectivity index (χ2v) is 4.38. The average Bonchev–Trinajstić information content (AvgIpc) is 2.84. The molecular weight excluding hydrogens is 146 g/mol. The van der Waals surface area contributed by atoms with E-state index in [1.807, 2.05) is 0 Å². The molecule has 12 heavy (non-hydrogen) atoms. The van der Waals surface area contributed by atoms with Crippen LogP contribution in [0.3, 0.4) is 0 Å². The van der Waals surface area contributed by atoms with Gasteiger partial charge in [0.1, 0.15) is 0 Å². The van der Waals surface area contributed by atoms with Gasteiger partial charge < -0.3 is 4.90 Å². The molecule has 0 spiro atoms. The maximum atomic E-state index is 2.47. The van der Waals surface area contributed by atoms with Gasteiger partial charge in [-0.15, -0.1) is 0 Å². The maximum absolute atomic E-state index is 2.47. The fraction of sp³-hybridized carbons (Fsp3) is 0.818. The quantitative estimate of drug-likeness (QED) is 0.539. The van der Waals surface area contributed by atoms with Crippen LogP contribution in [-0.4, -0.2) is 24.5 Å². The zero-order valence-corrected chi connectivity index (χ0v) is 8.21. The van der Waals surface area contributed by atoms with Crippen LogP contribution in [-0.2, 0) is 0 Å². The number of likely N-dealkylation sites (N-methyl/N-ethyl adjacent to an activating group) is 1. The number of allylic oxidation sites excluding steroid dienone is 1. The van der Waals surface area contributed by atoms with E-state index in [1.165, 1.54) is 32.2 Å². The Morgan fingerprint density at radius 2 is 2.08 bits per heavy atom. The lowest BCUT2D eigenvalue weighted by molar-refractivity contribution is 0.278. The van der Waals surface area contributed by atoms with E-state index in [9.17, 15) is 0 Å². The Kier molecular flexibility index (Phi) is 2.22. The number of hydrogen-bond acceptors (Lipinski definition) is 1. The molecule has 1 nitrogen and oxygen atoms in total. The Labute approximate surface area is 75.4 Å². The molecule has 1 fully saturated rings. The minimum Gasteiger partial charge on any atom is -0.300 e.